The summed E-state index contributed by atoms with van der Waals surface area (Å²) in [5, 5.41) is 3.59. The molecule has 3 rings (SSSR count). The van der Waals surface area contributed by atoms with E-state index >= 15 is 0 Å². The number of rotatable bonds is 4. The lowest BCUT2D eigenvalue weighted by molar-refractivity contribution is 0.410. The molecule has 0 saturated heterocycles. The van der Waals surface area contributed by atoms with Crippen molar-refractivity contribution in [1.82, 2.24) is 9.55 Å². The normalized spacial score (nSPS) is 18.3. The minimum Gasteiger partial charge on any atom is -0.354 e. The van der Waals surface area contributed by atoms with Crippen molar-refractivity contribution in [3.8, 4) is 0 Å². The maximum Gasteiger partial charge on any atom is 0.203 e. The van der Waals surface area contributed by atoms with Crippen LogP contribution in [0.4, 0.5) is 5.95 Å². The molecule has 1 saturated carbocycles. The third-order valence-corrected chi connectivity index (χ3v) is 5.97. The molecule has 0 atom stereocenters. The van der Waals surface area contributed by atoms with Gasteiger partial charge in [0.05, 0.1) is 11.0 Å². The van der Waals surface area contributed by atoms with Crippen LogP contribution in [0.5, 0.6) is 0 Å². The summed E-state index contributed by atoms with van der Waals surface area (Å²) in [6.45, 7) is 1.02. The third-order valence-electron chi connectivity index (χ3n) is 4.55. The highest BCUT2D eigenvalue weighted by Gasteiger charge is 2.31. The first-order valence-corrected chi connectivity index (χ1v) is 8.67. The highest BCUT2D eigenvalue weighted by atomic mass is 32.2. The third kappa shape index (κ3) is 2.53. The van der Waals surface area contributed by atoms with Crippen LogP contribution in [0.15, 0.2) is 24.3 Å². The van der Waals surface area contributed by atoms with E-state index in [1.54, 1.807) is 0 Å². The van der Waals surface area contributed by atoms with E-state index < -0.39 is 0 Å². The quantitative estimate of drug-likeness (QED) is 0.921. The van der Waals surface area contributed by atoms with E-state index in [4.69, 9.17) is 4.98 Å². The fourth-order valence-electron chi connectivity index (χ4n) is 3.19. The number of hydrogen-bond donors (Lipinski definition) is 1. The van der Waals surface area contributed by atoms with E-state index in [0.717, 1.165) is 18.0 Å². The van der Waals surface area contributed by atoms with Gasteiger partial charge in [-0.1, -0.05) is 31.4 Å². The molecule has 0 unspecified atom stereocenters. The Balaban J connectivity index is 1.77. The molecule has 0 radical (unpaired) electrons. The summed E-state index contributed by atoms with van der Waals surface area (Å²) >= 11 is 2.03. The Morgan fingerprint density at radius 1 is 1.25 bits per heavy atom. The van der Waals surface area contributed by atoms with Crippen LogP contribution in [0.1, 0.15) is 32.1 Å². The van der Waals surface area contributed by atoms with Gasteiger partial charge in [0.1, 0.15) is 0 Å². The van der Waals surface area contributed by atoms with Gasteiger partial charge in [-0.3, -0.25) is 0 Å². The summed E-state index contributed by atoms with van der Waals surface area (Å²) in [7, 11) is 2.09. The molecule has 3 nitrogen and oxygen atoms in total. The van der Waals surface area contributed by atoms with Crippen molar-refractivity contribution in [3.05, 3.63) is 24.3 Å². The van der Waals surface area contributed by atoms with Crippen LogP contribution in [-0.2, 0) is 7.05 Å². The molecule has 1 aliphatic rings. The van der Waals surface area contributed by atoms with Crippen molar-refractivity contribution in [3.63, 3.8) is 0 Å². The second kappa shape index (κ2) is 5.68. The number of nitrogens with one attached hydrogen (secondary N) is 1. The summed E-state index contributed by atoms with van der Waals surface area (Å²) in [5.41, 5.74) is 2.26. The second-order valence-electron chi connectivity index (χ2n) is 5.78. The first-order chi connectivity index (χ1) is 9.74. The van der Waals surface area contributed by atoms with E-state index in [9.17, 15) is 0 Å². The second-order valence-corrected chi connectivity index (χ2v) is 7.06. The molecular weight excluding hydrogens is 266 g/mol. The highest BCUT2D eigenvalue weighted by molar-refractivity contribution is 8.00. The lowest BCUT2D eigenvalue weighted by Gasteiger charge is -2.36. The highest BCUT2D eigenvalue weighted by Crippen LogP contribution is 2.38. The van der Waals surface area contributed by atoms with E-state index in [-0.39, 0.29) is 0 Å². The zero-order valence-electron chi connectivity index (χ0n) is 12.4. The Morgan fingerprint density at radius 2 is 2.00 bits per heavy atom. The molecular formula is C16H23N3S. The van der Waals surface area contributed by atoms with Crippen molar-refractivity contribution in [2.75, 3.05) is 18.1 Å². The zero-order valence-corrected chi connectivity index (χ0v) is 13.2. The molecule has 0 amide bonds. The summed E-state index contributed by atoms with van der Waals surface area (Å²) in [4.78, 5) is 4.70. The summed E-state index contributed by atoms with van der Waals surface area (Å²) in [6, 6.07) is 8.31. The maximum absolute atomic E-state index is 4.70. The zero-order chi connectivity index (χ0) is 14.0. The van der Waals surface area contributed by atoms with E-state index in [2.05, 4.69) is 41.4 Å². The monoisotopic (exact) mass is 289 g/mol. The van der Waals surface area contributed by atoms with E-state index in [0.29, 0.717) is 4.75 Å². The van der Waals surface area contributed by atoms with E-state index in [1.807, 2.05) is 17.8 Å². The minimum atomic E-state index is 0.399. The molecule has 20 heavy (non-hydrogen) atoms. The van der Waals surface area contributed by atoms with Gasteiger partial charge in [0.2, 0.25) is 5.95 Å². The van der Waals surface area contributed by atoms with Gasteiger partial charge in [0.25, 0.3) is 0 Å². The fraction of sp³-hybridized carbons (Fsp3) is 0.562. The number of aromatic nitrogens is 2. The predicted molar refractivity (Wildman–Crippen MR) is 88.5 cm³/mol. The van der Waals surface area contributed by atoms with Gasteiger partial charge in [0.15, 0.2) is 0 Å². The minimum absolute atomic E-state index is 0.399. The van der Waals surface area contributed by atoms with Crippen LogP contribution in [0, 0.1) is 0 Å². The standard InChI is InChI=1S/C16H23N3S/c1-19-14-9-5-4-8-13(14)18-15(19)17-12-16(20-2)10-6-3-7-11-16/h4-5,8-9H,3,6-7,10-12H2,1-2H3,(H,17,18). The average Bonchev–Trinajstić information content (AvgIpc) is 2.83. The van der Waals surface area contributed by atoms with Gasteiger partial charge < -0.3 is 9.88 Å². The van der Waals surface area contributed by atoms with Crippen LogP contribution in [0.3, 0.4) is 0 Å². The number of thioether (sulfide) groups is 1. The molecule has 1 heterocycles. The Bertz CT molecular complexity index is 584. The van der Waals surface area contributed by atoms with Crippen molar-refractivity contribution in [2.45, 2.75) is 36.9 Å². The summed E-state index contributed by atoms with van der Waals surface area (Å²) in [5.74, 6) is 0.991. The smallest absolute Gasteiger partial charge is 0.203 e. The summed E-state index contributed by atoms with van der Waals surface area (Å²) in [6.07, 6.45) is 9.03. The first kappa shape index (κ1) is 13.8. The van der Waals surface area contributed by atoms with Gasteiger partial charge in [-0.25, -0.2) is 4.98 Å². The number of imidazole rings is 1. The molecule has 0 aliphatic heterocycles. The number of aryl methyl sites for hydroxylation is 1. The molecule has 0 bridgehead atoms. The van der Waals surface area contributed by atoms with Crippen molar-refractivity contribution >= 4 is 28.7 Å². The van der Waals surface area contributed by atoms with Crippen LogP contribution in [-0.4, -0.2) is 27.1 Å². The average molecular weight is 289 g/mol. The Hall–Kier alpha value is -1.16. The van der Waals surface area contributed by atoms with Crippen molar-refractivity contribution in [2.24, 2.45) is 7.05 Å². The molecule has 0 spiro atoms. The van der Waals surface area contributed by atoms with Gasteiger partial charge in [-0.2, -0.15) is 11.8 Å². The number of para-hydroxylation sites is 2. The molecule has 1 aromatic heterocycles. The maximum atomic E-state index is 4.70. The molecule has 4 heteroatoms. The molecule has 1 fully saturated rings. The van der Waals surface area contributed by atoms with Crippen molar-refractivity contribution in [1.29, 1.82) is 0 Å². The van der Waals surface area contributed by atoms with Crippen LogP contribution >= 0.6 is 11.8 Å². The Kier molecular flexibility index (Phi) is 3.92. The molecule has 1 aliphatic carbocycles. The summed E-state index contributed by atoms with van der Waals surface area (Å²) < 4.78 is 2.56. The van der Waals surface area contributed by atoms with Gasteiger partial charge in [-0.15, -0.1) is 0 Å². The topological polar surface area (TPSA) is 29.9 Å². The van der Waals surface area contributed by atoms with Crippen LogP contribution in [0.25, 0.3) is 11.0 Å². The molecule has 1 N–H and O–H groups in total. The number of hydrogen-bond acceptors (Lipinski definition) is 3. The molecule has 1 aromatic carbocycles. The Labute approximate surface area is 125 Å². The fourth-order valence-corrected chi connectivity index (χ4v) is 4.11. The largest absolute Gasteiger partial charge is 0.354 e. The number of fused-ring (bicyclic) bond motifs is 1. The van der Waals surface area contributed by atoms with Crippen LogP contribution < -0.4 is 5.32 Å². The van der Waals surface area contributed by atoms with Gasteiger partial charge in [0, 0.05) is 18.3 Å². The van der Waals surface area contributed by atoms with Crippen molar-refractivity contribution < 1.29 is 0 Å². The molecule has 108 valence electrons. The lowest BCUT2D eigenvalue weighted by atomic mass is 9.88. The molecule has 2 aromatic rings. The van der Waals surface area contributed by atoms with Crippen LogP contribution in [0.2, 0.25) is 0 Å². The van der Waals surface area contributed by atoms with Gasteiger partial charge >= 0.3 is 0 Å². The Morgan fingerprint density at radius 3 is 2.70 bits per heavy atom. The SMILES string of the molecule is CSC1(CNc2nc3ccccc3n2C)CCCCC1. The number of benzene rings is 1. The number of nitrogens with zero attached hydrogens (tertiary/aromatic N) is 2. The predicted octanol–water partition coefficient (Wildman–Crippen LogP) is 4.05. The van der Waals surface area contributed by atoms with E-state index in [1.165, 1.54) is 37.6 Å². The van der Waals surface area contributed by atoms with Gasteiger partial charge in [-0.05, 0) is 31.2 Å². The number of anilines is 1. The first-order valence-electron chi connectivity index (χ1n) is 7.45. The lowest BCUT2D eigenvalue weighted by Crippen LogP contribution is -2.36.